The number of nitrogens with zero attached hydrogens (tertiary/aromatic N) is 2. The van der Waals surface area contributed by atoms with E-state index in [0.29, 0.717) is 24.1 Å². The number of nitrogens with one attached hydrogen (secondary N) is 3. The largest absolute Gasteiger partial charge is 0.397 e. The minimum atomic E-state index is -3.04. The summed E-state index contributed by atoms with van der Waals surface area (Å²) in [5.41, 5.74) is 8.81. The van der Waals surface area contributed by atoms with Crippen molar-refractivity contribution in [3.63, 3.8) is 0 Å². The normalized spacial score (nSPS) is 11.5. The van der Waals surface area contributed by atoms with Crippen LogP contribution in [0.15, 0.2) is 61.1 Å². The molecule has 0 aliphatic heterocycles. The molecule has 8 nitrogen and oxygen atoms in total. The van der Waals surface area contributed by atoms with E-state index in [-0.39, 0.29) is 29.4 Å². The lowest BCUT2D eigenvalue weighted by Crippen LogP contribution is -2.27. The fraction of sp³-hybridized carbons (Fsp3) is 0.241. The van der Waals surface area contributed by atoms with Crippen LogP contribution in [0.1, 0.15) is 52.9 Å². The maximum Gasteiger partial charge on any atom is 0.266 e. The number of hydrogen-bond donors (Lipinski definition) is 5. The highest BCUT2D eigenvalue weighted by atomic mass is 19.3. The summed E-state index contributed by atoms with van der Waals surface area (Å²) in [4.78, 5) is 20.4. The predicted molar refractivity (Wildman–Crippen MR) is 154 cm³/mol. The number of aromatic nitrogens is 2. The highest BCUT2D eigenvalue weighted by molar-refractivity contribution is 6.05. The number of anilines is 2. The molecule has 12 heteroatoms. The van der Waals surface area contributed by atoms with Gasteiger partial charge in [-0.2, -0.15) is 0 Å². The summed E-state index contributed by atoms with van der Waals surface area (Å²) in [7, 11) is 0.500. The van der Waals surface area contributed by atoms with E-state index in [4.69, 9.17) is 11.6 Å². The number of amides is 1. The molecule has 4 rings (SSSR count). The van der Waals surface area contributed by atoms with E-state index in [1.165, 1.54) is 17.3 Å². The van der Waals surface area contributed by atoms with Gasteiger partial charge in [0.05, 0.1) is 24.1 Å². The van der Waals surface area contributed by atoms with E-state index in [1.807, 2.05) is 32.9 Å². The molecule has 0 bridgehead atoms. The maximum atomic E-state index is 14.6. The number of rotatable bonds is 9. The van der Waals surface area contributed by atoms with E-state index in [2.05, 4.69) is 20.6 Å². The third-order valence-electron chi connectivity index (χ3n) is 6.13. The molecule has 0 aliphatic carbocycles. The van der Waals surface area contributed by atoms with Gasteiger partial charge in [0.25, 0.3) is 12.3 Å². The van der Waals surface area contributed by atoms with Gasteiger partial charge in [0.15, 0.2) is 0 Å². The van der Waals surface area contributed by atoms with Gasteiger partial charge in [0.2, 0.25) is 0 Å². The van der Waals surface area contributed by atoms with E-state index in [1.54, 1.807) is 30.6 Å². The van der Waals surface area contributed by atoms with Crippen molar-refractivity contribution in [2.45, 2.75) is 39.8 Å². The van der Waals surface area contributed by atoms with Gasteiger partial charge in [-0.3, -0.25) is 14.2 Å². The van der Waals surface area contributed by atoms with Gasteiger partial charge < -0.3 is 21.4 Å². The third kappa shape index (κ3) is 7.62. The number of hydrazine groups is 1. The molecule has 2 heterocycles. The topological polar surface area (TPSA) is 125 Å². The fourth-order valence-corrected chi connectivity index (χ4v) is 4.01. The number of alkyl halides is 3. The van der Waals surface area contributed by atoms with Crippen molar-refractivity contribution < 1.29 is 22.4 Å². The minimum absolute atomic E-state index is 0.0127. The molecular formula is C29H33F4N7O. The molecular weight excluding hydrogens is 538 g/mol. The lowest BCUT2D eigenvalue weighted by molar-refractivity contribution is 0.102. The van der Waals surface area contributed by atoms with E-state index < -0.39 is 23.7 Å². The van der Waals surface area contributed by atoms with Crippen molar-refractivity contribution in [1.29, 1.82) is 0 Å². The maximum absolute atomic E-state index is 14.6. The number of hydrogen-bond acceptors (Lipinski definition) is 6. The standard InChI is InChI=1S/C28H30F3N7O.CH3F/c1-15(2)35-13-20-9-21(11-22(25(20)29)26(30)31)37-28(39)18-5-4-16(3)24(10-18)38(33)14-23(32)19-8-17-6-7-34-27(17)36-12-19;1-2/h4-12,14-15,26,35H,13,32-33H2,1-3H3,(H,34,36)(H,37,39);1H3/b23-14-;. The lowest BCUT2D eigenvalue weighted by Gasteiger charge is -2.19. The van der Waals surface area contributed by atoms with Crippen LogP contribution in [0.25, 0.3) is 16.7 Å². The number of carbonyl (C=O) groups excluding carboxylic acids is 1. The van der Waals surface area contributed by atoms with Gasteiger partial charge in [-0.15, -0.1) is 0 Å². The third-order valence-corrected chi connectivity index (χ3v) is 6.13. The van der Waals surface area contributed by atoms with Crippen LogP contribution >= 0.6 is 0 Å². The Bertz CT molecular complexity index is 1540. The summed E-state index contributed by atoms with van der Waals surface area (Å²) >= 11 is 0. The molecule has 0 saturated carbocycles. The molecule has 0 atom stereocenters. The average molecular weight is 572 g/mol. The smallest absolute Gasteiger partial charge is 0.266 e. The second-order valence-electron chi connectivity index (χ2n) is 9.46. The zero-order chi connectivity index (χ0) is 30.3. The number of carbonyl (C=O) groups is 1. The number of pyridine rings is 1. The Balaban J connectivity index is 0.00000226. The second kappa shape index (κ2) is 13.8. The number of benzene rings is 2. The van der Waals surface area contributed by atoms with Gasteiger partial charge in [-0.1, -0.05) is 19.9 Å². The summed E-state index contributed by atoms with van der Waals surface area (Å²) < 4.78 is 51.1. The second-order valence-corrected chi connectivity index (χ2v) is 9.46. The van der Waals surface area contributed by atoms with Crippen molar-refractivity contribution in [3.05, 3.63) is 94.7 Å². The van der Waals surface area contributed by atoms with Crippen molar-refractivity contribution in [1.82, 2.24) is 15.3 Å². The Kier molecular flexibility index (Phi) is 10.5. The van der Waals surface area contributed by atoms with Crippen molar-refractivity contribution in [2.75, 3.05) is 17.5 Å². The zero-order valence-corrected chi connectivity index (χ0v) is 23.1. The summed E-state index contributed by atoms with van der Waals surface area (Å²) in [5.74, 6) is 4.71. The summed E-state index contributed by atoms with van der Waals surface area (Å²) in [6.45, 7) is 5.56. The first-order chi connectivity index (χ1) is 19.5. The summed E-state index contributed by atoms with van der Waals surface area (Å²) in [6, 6.07) is 10.9. The molecule has 0 aliphatic rings. The Labute approximate surface area is 235 Å². The monoisotopic (exact) mass is 571 g/mol. The van der Waals surface area contributed by atoms with Gasteiger partial charge in [-0.05, 0) is 48.9 Å². The van der Waals surface area contributed by atoms with E-state index in [9.17, 15) is 22.4 Å². The highest BCUT2D eigenvalue weighted by Crippen LogP contribution is 2.29. The Morgan fingerprint density at radius 3 is 2.54 bits per heavy atom. The van der Waals surface area contributed by atoms with Crippen molar-refractivity contribution in [2.24, 2.45) is 11.6 Å². The molecule has 2 aromatic carbocycles. The van der Waals surface area contributed by atoms with Gasteiger partial charge in [-0.25, -0.2) is 24.0 Å². The average Bonchev–Trinajstić information content (AvgIpc) is 3.42. The van der Waals surface area contributed by atoms with Crippen molar-refractivity contribution >= 4 is 34.0 Å². The Hall–Kier alpha value is -4.42. The van der Waals surface area contributed by atoms with Crippen LogP contribution in [0, 0.1) is 12.7 Å². The molecule has 2 aromatic heterocycles. The zero-order valence-electron chi connectivity index (χ0n) is 23.1. The summed E-state index contributed by atoms with van der Waals surface area (Å²) in [5, 5.41) is 7.79. The van der Waals surface area contributed by atoms with Gasteiger partial charge in [0, 0.05) is 58.9 Å². The first-order valence-corrected chi connectivity index (χ1v) is 12.6. The van der Waals surface area contributed by atoms with Crippen LogP contribution in [0.4, 0.5) is 28.9 Å². The van der Waals surface area contributed by atoms with Crippen LogP contribution in [-0.2, 0) is 6.54 Å². The Morgan fingerprint density at radius 2 is 1.85 bits per heavy atom. The van der Waals surface area contributed by atoms with Crippen LogP contribution in [0.3, 0.4) is 0 Å². The SMILES string of the molecule is CF.Cc1ccc(C(=O)Nc2cc(CNC(C)C)c(F)c(C(F)F)c2)cc1N(N)/C=C(\N)c1cnc2[nH]ccc2c1. The molecule has 1 amide bonds. The molecule has 0 radical (unpaired) electrons. The molecule has 0 saturated heterocycles. The number of fused-ring (bicyclic) bond motifs is 1. The fourth-order valence-electron chi connectivity index (χ4n) is 4.01. The molecule has 7 N–H and O–H groups in total. The van der Waals surface area contributed by atoms with Crippen LogP contribution in [0.2, 0.25) is 0 Å². The number of aryl methyl sites for hydroxylation is 1. The van der Waals surface area contributed by atoms with Gasteiger partial charge in [0.1, 0.15) is 11.5 Å². The van der Waals surface area contributed by atoms with Crippen LogP contribution in [-0.4, -0.2) is 29.1 Å². The first kappa shape index (κ1) is 31.1. The minimum Gasteiger partial charge on any atom is -0.397 e. The lowest BCUT2D eigenvalue weighted by atomic mass is 10.1. The number of nitrogens with two attached hydrogens (primary N) is 2. The highest BCUT2D eigenvalue weighted by Gasteiger charge is 2.20. The number of halogens is 4. The van der Waals surface area contributed by atoms with Crippen LogP contribution in [0.5, 0.6) is 0 Å². The van der Waals surface area contributed by atoms with Crippen molar-refractivity contribution in [3.8, 4) is 0 Å². The number of aromatic amines is 1. The molecule has 0 fully saturated rings. The quantitative estimate of drug-likeness (QED) is 0.0965. The number of H-pyrrole nitrogens is 1. The molecule has 0 unspecified atom stereocenters. The molecule has 218 valence electrons. The predicted octanol–water partition coefficient (Wildman–Crippen LogP) is 5.92. The van der Waals surface area contributed by atoms with Gasteiger partial charge >= 0.3 is 0 Å². The molecule has 41 heavy (non-hydrogen) atoms. The van der Waals surface area contributed by atoms with Crippen LogP contribution < -0.4 is 27.2 Å². The molecule has 0 spiro atoms. The molecule has 4 aromatic rings. The van der Waals surface area contributed by atoms with E-state index >= 15 is 0 Å². The van der Waals surface area contributed by atoms with E-state index in [0.717, 1.165) is 22.7 Å². The summed E-state index contributed by atoms with van der Waals surface area (Å²) in [6.07, 6.45) is 1.88. The first-order valence-electron chi connectivity index (χ1n) is 12.6. The Morgan fingerprint density at radius 1 is 1.12 bits per heavy atom.